The topological polar surface area (TPSA) is 64.2 Å². The summed E-state index contributed by atoms with van der Waals surface area (Å²) in [5.74, 6) is 1.09. The molecule has 1 aliphatic heterocycles. The van der Waals surface area contributed by atoms with Gasteiger partial charge in [-0.1, -0.05) is 5.16 Å². The van der Waals surface area contributed by atoms with Crippen molar-refractivity contribution in [3.63, 3.8) is 0 Å². The van der Waals surface area contributed by atoms with Crippen LogP contribution in [-0.4, -0.2) is 32.4 Å². The fourth-order valence-electron chi connectivity index (χ4n) is 4.68. The Balaban J connectivity index is 1.34. The fraction of sp³-hybridized carbons (Fsp3) is 0.632. The highest BCUT2D eigenvalue weighted by atomic mass is 16.5. The molecule has 0 spiro atoms. The SMILES string of the molecule is O=c1cc2c(nn1CC1CCCN1Cc1noc3c1CCC3)CCC2. The first kappa shape index (κ1) is 15.3. The molecule has 0 N–H and O–H groups in total. The monoisotopic (exact) mass is 340 g/mol. The molecule has 6 nitrogen and oxygen atoms in total. The second kappa shape index (κ2) is 6.09. The van der Waals surface area contributed by atoms with Crippen LogP contribution in [0.4, 0.5) is 0 Å². The molecule has 0 aromatic carbocycles. The maximum absolute atomic E-state index is 12.4. The molecule has 1 saturated heterocycles. The number of aryl methyl sites for hydroxylation is 3. The van der Waals surface area contributed by atoms with Crippen molar-refractivity contribution in [1.82, 2.24) is 19.8 Å². The summed E-state index contributed by atoms with van der Waals surface area (Å²) in [7, 11) is 0. The van der Waals surface area contributed by atoms with Crippen LogP contribution in [-0.2, 0) is 38.8 Å². The molecule has 1 atom stereocenters. The van der Waals surface area contributed by atoms with Crippen LogP contribution >= 0.6 is 0 Å². The van der Waals surface area contributed by atoms with Crippen molar-refractivity contribution in [3.05, 3.63) is 44.7 Å². The molecule has 3 aliphatic rings. The Morgan fingerprint density at radius 3 is 3.04 bits per heavy atom. The van der Waals surface area contributed by atoms with Crippen LogP contribution in [0.5, 0.6) is 0 Å². The summed E-state index contributed by atoms with van der Waals surface area (Å²) in [6.07, 6.45) is 8.73. The first-order valence-electron chi connectivity index (χ1n) is 9.58. The molecule has 0 bridgehead atoms. The van der Waals surface area contributed by atoms with Gasteiger partial charge in [0.1, 0.15) is 11.5 Å². The van der Waals surface area contributed by atoms with E-state index in [2.05, 4.69) is 15.2 Å². The van der Waals surface area contributed by atoms with Gasteiger partial charge in [0.2, 0.25) is 0 Å². The van der Waals surface area contributed by atoms with Gasteiger partial charge in [-0.15, -0.1) is 0 Å². The highest BCUT2D eigenvalue weighted by Crippen LogP contribution is 2.28. The first-order valence-corrected chi connectivity index (χ1v) is 9.58. The van der Waals surface area contributed by atoms with Gasteiger partial charge in [-0.05, 0) is 57.1 Å². The molecule has 132 valence electrons. The molecule has 6 heteroatoms. The van der Waals surface area contributed by atoms with E-state index in [1.807, 2.05) is 0 Å². The van der Waals surface area contributed by atoms with Crippen LogP contribution in [0.2, 0.25) is 0 Å². The number of fused-ring (bicyclic) bond motifs is 2. The zero-order valence-electron chi connectivity index (χ0n) is 14.5. The zero-order chi connectivity index (χ0) is 16.8. The molecule has 1 unspecified atom stereocenters. The zero-order valence-corrected chi connectivity index (χ0v) is 14.5. The van der Waals surface area contributed by atoms with Crippen molar-refractivity contribution in [2.24, 2.45) is 0 Å². The van der Waals surface area contributed by atoms with Gasteiger partial charge in [0.25, 0.3) is 5.56 Å². The standard InChI is InChI=1S/C19H24N4O2/c24-19-10-13-4-1-7-16(13)20-23(19)11-14-5-3-9-22(14)12-17-15-6-2-8-18(15)25-21-17/h10,14H,1-9,11-12H2. The van der Waals surface area contributed by atoms with E-state index >= 15 is 0 Å². The summed E-state index contributed by atoms with van der Waals surface area (Å²) < 4.78 is 7.19. The highest BCUT2D eigenvalue weighted by Gasteiger charge is 2.29. The second-order valence-electron chi connectivity index (χ2n) is 7.64. The van der Waals surface area contributed by atoms with Crippen LogP contribution in [0.15, 0.2) is 15.4 Å². The lowest BCUT2D eigenvalue weighted by Gasteiger charge is -2.24. The van der Waals surface area contributed by atoms with Gasteiger partial charge in [-0.2, -0.15) is 5.10 Å². The number of hydrogen-bond acceptors (Lipinski definition) is 5. The quantitative estimate of drug-likeness (QED) is 0.850. The van der Waals surface area contributed by atoms with Crippen LogP contribution in [0.25, 0.3) is 0 Å². The summed E-state index contributed by atoms with van der Waals surface area (Å²) in [5, 5.41) is 8.96. The van der Waals surface area contributed by atoms with Crippen molar-refractivity contribution >= 4 is 0 Å². The lowest BCUT2D eigenvalue weighted by atomic mass is 10.1. The van der Waals surface area contributed by atoms with Crippen LogP contribution in [0.1, 0.15) is 54.0 Å². The number of rotatable bonds is 4. The van der Waals surface area contributed by atoms with Crippen molar-refractivity contribution in [2.75, 3.05) is 6.54 Å². The normalized spacial score (nSPS) is 22.5. The van der Waals surface area contributed by atoms with E-state index in [1.165, 1.54) is 18.4 Å². The van der Waals surface area contributed by atoms with Crippen LogP contribution < -0.4 is 5.56 Å². The molecule has 25 heavy (non-hydrogen) atoms. The van der Waals surface area contributed by atoms with Crippen molar-refractivity contribution in [2.45, 2.75) is 70.5 Å². The lowest BCUT2D eigenvalue weighted by Crippen LogP contribution is -2.37. The second-order valence-corrected chi connectivity index (χ2v) is 7.64. The van der Waals surface area contributed by atoms with E-state index in [4.69, 9.17) is 4.52 Å². The molecule has 5 rings (SSSR count). The van der Waals surface area contributed by atoms with E-state index in [0.29, 0.717) is 12.6 Å². The fourth-order valence-corrected chi connectivity index (χ4v) is 4.68. The summed E-state index contributed by atoms with van der Waals surface area (Å²) in [6.45, 7) is 2.58. The predicted octanol–water partition coefficient (Wildman–Crippen LogP) is 1.87. The number of likely N-dealkylation sites (tertiary alicyclic amines) is 1. The molecule has 2 aromatic heterocycles. The van der Waals surface area contributed by atoms with Gasteiger partial charge in [-0.25, -0.2) is 4.68 Å². The van der Waals surface area contributed by atoms with Crippen molar-refractivity contribution in [1.29, 1.82) is 0 Å². The lowest BCUT2D eigenvalue weighted by molar-refractivity contribution is 0.209. The average Bonchev–Trinajstić information content (AvgIpc) is 3.35. The van der Waals surface area contributed by atoms with E-state index in [9.17, 15) is 4.79 Å². The summed E-state index contributed by atoms with van der Waals surface area (Å²) >= 11 is 0. The first-order chi connectivity index (χ1) is 12.3. The molecule has 0 radical (unpaired) electrons. The number of aromatic nitrogens is 3. The Bertz CT molecular complexity index is 854. The molecule has 2 aliphatic carbocycles. The molecule has 0 amide bonds. The Morgan fingerprint density at radius 2 is 2.08 bits per heavy atom. The Morgan fingerprint density at radius 1 is 1.16 bits per heavy atom. The van der Waals surface area contributed by atoms with Gasteiger partial charge in [-0.3, -0.25) is 9.69 Å². The minimum Gasteiger partial charge on any atom is -0.361 e. The maximum Gasteiger partial charge on any atom is 0.267 e. The third-order valence-corrected chi connectivity index (χ3v) is 6.04. The number of nitrogens with zero attached hydrogens (tertiary/aromatic N) is 4. The Hall–Kier alpha value is -1.95. The molecule has 2 aromatic rings. The predicted molar refractivity (Wildman–Crippen MR) is 92.5 cm³/mol. The number of hydrogen-bond donors (Lipinski definition) is 0. The van der Waals surface area contributed by atoms with Crippen molar-refractivity contribution < 1.29 is 4.52 Å². The molecule has 3 heterocycles. The average molecular weight is 340 g/mol. The minimum atomic E-state index is 0.0508. The molecular weight excluding hydrogens is 316 g/mol. The van der Waals surface area contributed by atoms with E-state index < -0.39 is 0 Å². The Kier molecular flexibility index (Phi) is 3.73. The summed E-state index contributed by atoms with van der Waals surface area (Å²) in [4.78, 5) is 14.9. The smallest absolute Gasteiger partial charge is 0.267 e. The highest BCUT2D eigenvalue weighted by molar-refractivity contribution is 5.27. The van der Waals surface area contributed by atoms with Crippen LogP contribution in [0.3, 0.4) is 0 Å². The van der Waals surface area contributed by atoms with Gasteiger partial charge < -0.3 is 4.52 Å². The largest absolute Gasteiger partial charge is 0.361 e. The Labute approximate surface area is 146 Å². The van der Waals surface area contributed by atoms with E-state index in [0.717, 1.165) is 74.3 Å². The van der Waals surface area contributed by atoms with E-state index in [-0.39, 0.29) is 5.56 Å². The molecule has 1 fully saturated rings. The summed E-state index contributed by atoms with van der Waals surface area (Å²) in [5.41, 5.74) is 4.77. The minimum absolute atomic E-state index is 0.0508. The maximum atomic E-state index is 12.4. The van der Waals surface area contributed by atoms with Gasteiger partial charge in [0.05, 0.1) is 12.2 Å². The van der Waals surface area contributed by atoms with Crippen molar-refractivity contribution in [3.8, 4) is 0 Å². The van der Waals surface area contributed by atoms with Gasteiger partial charge in [0.15, 0.2) is 0 Å². The van der Waals surface area contributed by atoms with Gasteiger partial charge >= 0.3 is 0 Å². The third-order valence-electron chi connectivity index (χ3n) is 6.04. The summed E-state index contributed by atoms with van der Waals surface area (Å²) in [6, 6.07) is 2.16. The molecular formula is C19H24N4O2. The third kappa shape index (κ3) is 2.72. The van der Waals surface area contributed by atoms with Gasteiger partial charge in [0, 0.05) is 30.6 Å². The molecule has 0 saturated carbocycles. The van der Waals surface area contributed by atoms with E-state index in [1.54, 1.807) is 10.7 Å². The van der Waals surface area contributed by atoms with Crippen LogP contribution in [0, 0.1) is 0 Å².